The predicted octanol–water partition coefficient (Wildman–Crippen LogP) is 1.83. The Morgan fingerprint density at radius 3 is 2.78 bits per heavy atom. The van der Waals surface area contributed by atoms with Crippen molar-refractivity contribution >= 4 is 5.78 Å². The fraction of sp³-hybridized carbons (Fsp3) is 0.462. The van der Waals surface area contributed by atoms with Crippen molar-refractivity contribution in [2.24, 2.45) is 0 Å². The van der Waals surface area contributed by atoms with Crippen molar-refractivity contribution in [3.8, 4) is 0 Å². The Bertz CT molecular complexity index is 476. The van der Waals surface area contributed by atoms with Crippen LogP contribution in [0.5, 0.6) is 0 Å². The number of ether oxygens (including phenoxy) is 1. The lowest BCUT2D eigenvalue weighted by atomic mass is 9.99. The third-order valence-electron chi connectivity index (χ3n) is 3.27. The highest BCUT2D eigenvalue weighted by atomic mass is 19.1. The van der Waals surface area contributed by atoms with Gasteiger partial charge in [-0.05, 0) is 25.0 Å². The van der Waals surface area contributed by atoms with Crippen molar-refractivity contribution in [3.05, 3.63) is 34.9 Å². The lowest BCUT2D eigenvalue weighted by molar-refractivity contribution is 0.0911. The number of carbonyl (C=O) groups excluding carboxylic acids is 1. The molecule has 1 aromatic rings. The number of ketones is 1. The molecule has 1 heterocycles. The van der Waals surface area contributed by atoms with Crippen LogP contribution in [0.25, 0.3) is 0 Å². The number of halogens is 2. The first-order chi connectivity index (χ1) is 8.54. The Labute approximate surface area is 104 Å². The van der Waals surface area contributed by atoms with Crippen molar-refractivity contribution in [2.75, 3.05) is 13.7 Å². The minimum atomic E-state index is -0.814. The lowest BCUT2D eigenvalue weighted by Crippen LogP contribution is -2.32. The summed E-state index contributed by atoms with van der Waals surface area (Å²) in [4.78, 5) is 12.1. The van der Waals surface area contributed by atoms with E-state index in [9.17, 15) is 13.6 Å². The fourth-order valence-corrected chi connectivity index (χ4v) is 2.14. The molecule has 1 aliphatic heterocycles. The van der Waals surface area contributed by atoms with Crippen molar-refractivity contribution in [1.29, 1.82) is 0 Å². The largest absolute Gasteiger partial charge is 0.380 e. The van der Waals surface area contributed by atoms with Crippen LogP contribution in [0, 0.1) is 18.6 Å². The zero-order chi connectivity index (χ0) is 13.3. The molecule has 2 unspecified atom stereocenters. The highest BCUT2D eigenvalue weighted by Crippen LogP contribution is 2.21. The highest BCUT2D eigenvalue weighted by molar-refractivity contribution is 6.01. The van der Waals surface area contributed by atoms with Crippen molar-refractivity contribution in [1.82, 2.24) is 5.32 Å². The SMILES string of the molecule is COC1CNC(C(=O)c2c(F)ccc(C)c2F)C1. The Morgan fingerprint density at radius 1 is 1.44 bits per heavy atom. The van der Waals surface area contributed by atoms with E-state index in [2.05, 4.69) is 5.32 Å². The van der Waals surface area contributed by atoms with Crippen molar-refractivity contribution in [3.63, 3.8) is 0 Å². The smallest absolute Gasteiger partial charge is 0.185 e. The zero-order valence-corrected chi connectivity index (χ0v) is 10.3. The normalized spacial score (nSPS) is 23.3. The van der Waals surface area contributed by atoms with Gasteiger partial charge in [0.25, 0.3) is 0 Å². The fourth-order valence-electron chi connectivity index (χ4n) is 2.14. The Kier molecular flexibility index (Phi) is 3.73. The summed E-state index contributed by atoms with van der Waals surface area (Å²) in [5.74, 6) is -2.14. The number of hydrogen-bond acceptors (Lipinski definition) is 3. The molecule has 0 bridgehead atoms. The van der Waals surface area contributed by atoms with Gasteiger partial charge in [0.1, 0.15) is 11.6 Å². The third kappa shape index (κ3) is 2.28. The summed E-state index contributed by atoms with van der Waals surface area (Å²) >= 11 is 0. The summed E-state index contributed by atoms with van der Waals surface area (Å²) in [6.45, 7) is 2.02. The molecule has 1 N–H and O–H groups in total. The standard InChI is InChI=1S/C13H15F2NO2/c1-7-3-4-9(14)11(12(7)15)13(17)10-5-8(18-2)6-16-10/h3-4,8,10,16H,5-6H2,1-2H3. The quantitative estimate of drug-likeness (QED) is 0.837. The molecule has 2 rings (SSSR count). The van der Waals surface area contributed by atoms with Gasteiger partial charge in [-0.15, -0.1) is 0 Å². The first-order valence-corrected chi connectivity index (χ1v) is 5.79. The Hall–Kier alpha value is -1.33. The first kappa shape index (κ1) is 13.1. The van der Waals surface area contributed by atoms with Crippen LogP contribution in [-0.2, 0) is 4.74 Å². The van der Waals surface area contributed by atoms with Gasteiger partial charge in [0.2, 0.25) is 0 Å². The molecule has 5 heteroatoms. The van der Waals surface area contributed by atoms with Gasteiger partial charge in [0.15, 0.2) is 5.78 Å². The molecule has 1 aromatic carbocycles. The molecule has 2 atom stereocenters. The summed E-state index contributed by atoms with van der Waals surface area (Å²) in [7, 11) is 1.55. The lowest BCUT2D eigenvalue weighted by Gasteiger charge is -2.12. The van der Waals surface area contributed by atoms with E-state index in [4.69, 9.17) is 4.74 Å². The second kappa shape index (κ2) is 5.12. The maximum absolute atomic E-state index is 13.8. The second-order valence-electron chi connectivity index (χ2n) is 4.47. The molecule has 3 nitrogen and oxygen atoms in total. The van der Waals surface area contributed by atoms with Crippen LogP contribution in [0.1, 0.15) is 22.3 Å². The van der Waals surface area contributed by atoms with Crippen LogP contribution in [0.3, 0.4) is 0 Å². The molecule has 18 heavy (non-hydrogen) atoms. The van der Waals surface area contributed by atoms with Crippen LogP contribution in [0.2, 0.25) is 0 Å². The zero-order valence-electron chi connectivity index (χ0n) is 10.3. The van der Waals surface area contributed by atoms with E-state index >= 15 is 0 Å². The average Bonchev–Trinajstić information content (AvgIpc) is 2.83. The first-order valence-electron chi connectivity index (χ1n) is 5.79. The monoisotopic (exact) mass is 255 g/mol. The van der Waals surface area contributed by atoms with E-state index in [1.807, 2.05) is 0 Å². The van der Waals surface area contributed by atoms with Gasteiger partial charge in [0, 0.05) is 13.7 Å². The molecule has 1 aliphatic rings. The molecular formula is C13H15F2NO2. The number of Topliss-reactive ketones (excluding diaryl/α,β-unsaturated/α-hetero) is 1. The van der Waals surface area contributed by atoms with Gasteiger partial charge in [-0.25, -0.2) is 8.78 Å². The van der Waals surface area contributed by atoms with Crippen LogP contribution < -0.4 is 5.32 Å². The van der Waals surface area contributed by atoms with Crippen LogP contribution in [0.4, 0.5) is 8.78 Å². The third-order valence-corrected chi connectivity index (χ3v) is 3.27. The van der Waals surface area contributed by atoms with Gasteiger partial charge in [-0.1, -0.05) is 6.07 Å². The topological polar surface area (TPSA) is 38.3 Å². The van der Waals surface area contributed by atoms with Crippen molar-refractivity contribution in [2.45, 2.75) is 25.5 Å². The molecule has 1 fully saturated rings. The molecule has 0 spiro atoms. The molecule has 0 aliphatic carbocycles. The Morgan fingerprint density at radius 2 is 2.17 bits per heavy atom. The number of hydrogen-bond donors (Lipinski definition) is 1. The second-order valence-corrected chi connectivity index (χ2v) is 4.47. The number of benzene rings is 1. The van der Waals surface area contributed by atoms with E-state index in [1.54, 1.807) is 7.11 Å². The van der Waals surface area contributed by atoms with Gasteiger partial charge in [-0.2, -0.15) is 0 Å². The predicted molar refractivity (Wildman–Crippen MR) is 62.6 cm³/mol. The summed E-state index contributed by atoms with van der Waals surface area (Å²) in [6.07, 6.45) is 0.345. The molecule has 0 radical (unpaired) electrons. The van der Waals surface area contributed by atoms with E-state index in [1.165, 1.54) is 13.0 Å². The van der Waals surface area contributed by atoms with Gasteiger partial charge in [0.05, 0.1) is 17.7 Å². The maximum Gasteiger partial charge on any atom is 0.185 e. The van der Waals surface area contributed by atoms with Crippen molar-refractivity contribution < 1.29 is 18.3 Å². The summed E-state index contributed by atoms with van der Waals surface area (Å²) in [5.41, 5.74) is -0.190. The number of nitrogens with one attached hydrogen (secondary N) is 1. The van der Waals surface area contributed by atoms with E-state index in [-0.39, 0.29) is 11.7 Å². The molecule has 0 amide bonds. The summed E-state index contributed by atoms with van der Waals surface area (Å²) < 4.78 is 32.5. The average molecular weight is 255 g/mol. The molecule has 0 saturated carbocycles. The van der Waals surface area contributed by atoms with Gasteiger partial charge in [-0.3, -0.25) is 4.79 Å². The highest BCUT2D eigenvalue weighted by Gasteiger charge is 2.33. The van der Waals surface area contributed by atoms with E-state index in [0.717, 1.165) is 6.07 Å². The van der Waals surface area contributed by atoms with Crippen LogP contribution in [-0.4, -0.2) is 31.6 Å². The molecule has 1 saturated heterocycles. The number of carbonyl (C=O) groups is 1. The number of methoxy groups -OCH3 is 1. The van der Waals surface area contributed by atoms with E-state index < -0.39 is 29.0 Å². The summed E-state index contributed by atoms with van der Waals surface area (Å²) in [5, 5.41) is 2.92. The molecule has 98 valence electrons. The molecular weight excluding hydrogens is 240 g/mol. The van der Waals surface area contributed by atoms with Gasteiger partial charge >= 0.3 is 0 Å². The minimum absolute atomic E-state index is 0.0881. The summed E-state index contributed by atoms with van der Waals surface area (Å²) in [6, 6.07) is 1.86. The van der Waals surface area contributed by atoms with Crippen LogP contribution >= 0.6 is 0 Å². The number of aryl methyl sites for hydroxylation is 1. The van der Waals surface area contributed by atoms with E-state index in [0.29, 0.717) is 13.0 Å². The Balaban J connectivity index is 2.27. The van der Waals surface area contributed by atoms with Crippen LogP contribution in [0.15, 0.2) is 12.1 Å². The number of rotatable bonds is 3. The van der Waals surface area contributed by atoms with Gasteiger partial charge < -0.3 is 10.1 Å². The maximum atomic E-state index is 13.8. The minimum Gasteiger partial charge on any atom is -0.380 e. The molecule has 0 aromatic heterocycles.